The molecule has 3 fully saturated rings. The molecule has 2 N–H and O–H groups in total. The van der Waals surface area contributed by atoms with E-state index in [4.69, 9.17) is 23.2 Å². The van der Waals surface area contributed by atoms with E-state index in [1.807, 2.05) is 43.3 Å². The van der Waals surface area contributed by atoms with Gasteiger partial charge in [0.15, 0.2) is 17.4 Å². The zero-order valence-corrected chi connectivity index (χ0v) is 35.2. The van der Waals surface area contributed by atoms with Crippen molar-refractivity contribution in [3.05, 3.63) is 147 Å². The number of azo groups is 1. The fourth-order valence-electron chi connectivity index (χ4n) is 9.72. The van der Waals surface area contributed by atoms with Gasteiger partial charge in [0.05, 0.1) is 50.8 Å². The number of anilines is 3. The second kappa shape index (κ2) is 15.9. The number of halogens is 6. The van der Waals surface area contributed by atoms with Crippen LogP contribution in [-0.2, 0) is 30.8 Å². The Kier molecular flexibility index (Phi) is 10.6. The Morgan fingerprint density at radius 1 is 0.844 bits per heavy atom. The molecular formula is C46H35Cl2F4N7O5. The molecule has 4 aliphatic rings. The number of phenols is 1. The van der Waals surface area contributed by atoms with Gasteiger partial charge >= 0.3 is 6.18 Å². The Hall–Kier alpha value is -6.65. The number of aromatic nitrogens is 1. The van der Waals surface area contributed by atoms with Crippen molar-refractivity contribution in [2.24, 2.45) is 33.9 Å². The van der Waals surface area contributed by atoms with E-state index in [1.165, 1.54) is 18.2 Å². The summed E-state index contributed by atoms with van der Waals surface area (Å²) in [6.07, 6.45) is -2.61. The standard InChI is InChI=1S/C46H35Cl2F4N7O5/c1-57(2)29-12-8-27(9-13-29)54-55-28-10-14-30(15-11-28)58-41(61)32-17-16-31-33(38(32)43(58)63)21-34-42(62)59(56-40-35(48)20-25(22-53-40)46(50,51)52)44(64)45(34,24-4-6-26(47)7-5-24)39(31)23-3-18-37(60)36(49)19-23/h3-16,18-20,22,32-34,38-39,60H,17,21H2,1-2H3,(H,53,56). The van der Waals surface area contributed by atoms with E-state index >= 15 is 9.18 Å². The van der Waals surface area contributed by atoms with Crippen LogP contribution in [0.2, 0.25) is 10.0 Å². The van der Waals surface area contributed by atoms with Gasteiger partial charge in [0.1, 0.15) is 0 Å². The van der Waals surface area contributed by atoms with E-state index in [9.17, 15) is 32.7 Å². The summed E-state index contributed by atoms with van der Waals surface area (Å²) < 4.78 is 56.1. The molecule has 1 saturated carbocycles. The van der Waals surface area contributed by atoms with E-state index in [0.717, 1.165) is 22.7 Å². The van der Waals surface area contributed by atoms with Gasteiger partial charge in [-0.15, -0.1) is 0 Å². The van der Waals surface area contributed by atoms with Crippen LogP contribution in [0.4, 0.5) is 46.1 Å². The predicted octanol–water partition coefficient (Wildman–Crippen LogP) is 9.92. The minimum atomic E-state index is -4.79. The molecule has 6 atom stereocenters. The van der Waals surface area contributed by atoms with E-state index in [1.54, 1.807) is 42.5 Å². The number of nitrogens with zero attached hydrogens (tertiary/aromatic N) is 6. The van der Waals surface area contributed by atoms with Crippen LogP contribution in [-0.4, -0.2) is 52.8 Å². The zero-order chi connectivity index (χ0) is 45.4. The topological polar surface area (TPSA) is 148 Å². The molecule has 326 valence electrons. The quantitative estimate of drug-likeness (QED) is 0.0677. The van der Waals surface area contributed by atoms with Crippen LogP contribution in [0.1, 0.15) is 35.4 Å². The monoisotopic (exact) mass is 911 g/mol. The Balaban J connectivity index is 1.11. The highest BCUT2D eigenvalue weighted by Gasteiger charge is 2.70. The molecule has 2 aliphatic heterocycles. The molecular weight excluding hydrogens is 877 g/mol. The Labute approximate surface area is 372 Å². The molecule has 6 unspecified atom stereocenters. The van der Waals surface area contributed by atoms with Crippen molar-refractivity contribution in [3.8, 4) is 5.75 Å². The Morgan fingerprint density at radius 3 is 2.11 bits per heavy atom. The maximum absolute atomic E-state index is 15.5. The van der Waals surface area contributed by atoms with Gasteiger partial charge in [-0.25, -0.2) is 9.37 Å². The highest BCUT2D eigenvalue weighted by molar-refractivity contribution is 6.33. The van der Waals surface area contributed by atoms with Gasteiger partial charge in [-0.2, -0.15) is 28.4 Å². The van der Waals surface area contributed by atoms with Crippen LogP contribution in [0.15, 0.2) is 125 Å². The summed E-state index contributed by atoms with van der Waals surface area (Å²) in [7, 11) is 3.85. The van der Waals surface area contributed by atoms with Gasteiger partial charge in [-0.1, -0.05) is 53.1 Å². The third-order valence-corrected chi connectivity index (χ3v) is 13.2. The van der Waals surface area contributed by atoms with Crippen LogP contribution in [0, 0.1) is 29.5 Å². The number of phenolic OH excluding ortho intramolecular Hbond substituents is 1. The van der Waals surface area contributed by atoms with Gasteiger partial charge in [-0.3, -0.25) is 29.5 Å². The zero-order valence-electron chi connectivity index (χ0n) is 33.7. The number of allylic oxidation sites excluding steroid dienone is 2. The van der Waals surface area contributed by atoms with Crippen LogP contribution in [0.3, 0.4) is 0 Å². The van der Waals surface area contributed by atoms with E-state index in [-0.39, 0.29) is 29.7 Å². The SMILES string of the molecule is CN(C)c1ccc(N=Nc2ccc(N3C(=O)C4CC=C5C(CC6C(=O)N(Nc7ncc(C(F)(F)F)cc7Cl)C(=O)C6(c6ccc(Cl)cc6)C5c5ccc(O)c(F)c5)C4C3=O)cc2)cc1. The maximum Gasteiger partial charge on any atom is 0.417 e. The second-order valence-corrected chi connectivity index (χ2v) is 17.1. The summed E-state index contributed by atoms with van der Waals surface area (Å²) in [6, 6.07) is 24.2. The van der Waals surface area contributed by atoms with Gasteiger partial charge < -0.3 is 10.0 Å². The summed E-state index contributed by atoms with van der Waals surface area (Å²) in [6.45, 7) is 0. The summed E-state index contributed by atoms with van der Waals surface area (Å²) in [5.41, 5.74) is 2.81. The first-order valence-electron chi connectivity index (χ1n) is 20.0. The summed E-state index contributed by atoms with van der Waals surface area (Å²) >= 11 is 12.6. The van der Waals surface area contributed by atoms with Crippen molar-refractivity contribution < 1.29 is 41.8 Å². The van der Waals surface area contributed by atoms with Crippen molar-refractivity contribution in [2.75, 3.05) is 29.3 Å². The molecule has 12 nitrogen and oxygen atoms in total. The van der Waals surface area contributed by atoms with Gasteiger partial charge in [0.25, 0.3) is 11.8 Å². The van der Waals surface area contributed by atoms with E-state index < -0.39 is 92.8 Å². The van der Waals surface area contributed by atoms with Crippen molar-refractivity contribution in [1.29, 1.82) is 0 Å². The van der Waals surface area contributed by atoms with Crippen LogP contribution < -0.4 is 15.2 Å². The lowest BCUT2D eigenvalue weighted by atomic mass is 9.49. The second-order valence-electron chi connectivity index (χ2n) is 16.3. The minimum absolute atomic E-state index is 0.0596. The van der Waals surface area contributed by atoms with Crippen molar-refractivity contribution >= 4 is 75.4 Å². The molecule has 2 saturated heterocycles. The third-order valence-electron chi connectivity index (χ3n) is 12.6. The number of hydrogen-bond donors (Lipinski definition) is 2. The van der Waals surface area contributed by atoms with E-state index in [0.29, 0.717) is 39.2 Å². The average molecular weight is 913 g/mol. The normalized spacial score (nSPS) is 24.2. The number of carbonyl (C=O) groups is 4. The lowest BCUT2D eigenvalue weighted by molar-refractivity contribution is -0.139. The number of imide groups is 2. The molecule has 4 amide bonds. The summed E-state index contributed by atoms with van der Waals surface area (Å²) in [5.74, 6) is -10.1. The van der Waals surface area contributed by atoms with Crippen molar-refractivity contribution in [2.45, 2.75) is 30.4 Å². The lowest BCUT2D eigenvalue weighted by Gasteiger charge is -2.50. The first kappa shape index (κ1) is 42.6. The number of aromatic hydroxyl groups is 1. The highest BCUT2D eigenvalue weighted by atomic mass is 35.5. The average Bonchev–Trinajstić information content (AvgIpc) is 3.65. The van der Waals surface area contributed by atoms with Crippen LogP contribution in [0.5, 0.6) is 5.75 Å². The van der Waals surface area contributed by atoms with Crippen molar-refractivity contribution in [1.82, 2.24) is 9.99 Å². The molecule has 0 spiro atoms. The molecule has 0 bridgehead atoms. The molecule has 3 heterocycles. The number of hydrazine groups is 1. The number of fused-ring (bicyclic) bond motifs is 4. The maximum atomic E-state index is 15.5. The number of rotatable bonds is 8. The Morgan fingerprint density at radius 2 is 1.50 bits per heavy atom. The van der Waals surface area contributed by atoms with Gasteiger partial charge in [0.2, 0.25) is 11.8 Å². The molecule has 18 heteroatoms. The number of alkyl halides is 3. The van der Waals surface area contributed by atoms with Gasteiger partial charge in [0, 0.05) is 36.9 Å². The molecule has 64 heavy (non-hydrogen) atoms. The minimum Gasteiger partial charge on any atom is -0.505 e. The molecule has 5 aromatic rings. The molecule has 4 aromatic carbocycles. The van der Waals surface area contributed by atoms with Crippen molar-refractivity contribution in [3.63, 3.8) is 0 Å². The largest absolute Gasteiger partial charge is 0.505 e. The Bertz CT molecular complexity index is 2810. The molecule has 2 aliphatic carbocycles. The molecule has 9 rings (SSSR count). The van der Waals surface area contributed by atoms with Gasteiger partial charge in [-0.05, 0) is 109 Å². The molecule has 0 radical (unpaired) electrons. The number of benzene rings is 4. The predicted molar refractivity (Wildman–Crippen MR) is 229 cm³/mol. The van der Waals surface area contributed by atoms with Crippen LogP contribution >= 0.6 is 23.2 Å². The number of pyridine rings is 1. The number of hydrogen-bond acceptors (Lipinski definition) is 10. The smallest absolute Gasteiger partial charge is 0.417 e. The first-order valence-corrected chi connectivity index (χ1v) is 20.7. The third kappa shape index (κ3) is 6.95. The van der Waals surface area contributed by atoms with Crippen LogP contribution in [0.25, 0.3) is 0 Å². The summed E-state index contributed by atoms with van der Waals surface area (Å²) in [4.78, 5) is 66.1. The fraction of sp³-hybridized carbons (Fsp3) is 0.239. The summed E-state index contributed by atoms with van der Waals surface area (Å²) in [5, 5.41) is 19.3. The lowest BCUT2D eigenvalue weighted by Crippen LogP contribution is -2.53. The highest BCUT2D eigenvalue weighted by Crippen LogP contribution is 2.64. The first-order chi connectivity index (χ1) is 30.5. The van der Waals surface area contributed by atoms with E-state index in [2.05, 4.69) is 20.6 Å². The number of amides is 4. The molecule has 1 aromatic heterocycles. The number of carbonyl (C=O) groups excluding carboxylic acids is 4. The number of nitrogens with one attached hydrogen (secondary N) is 1. The fourth-order valence-corrected chi connectivity index (χ4v) is 10.1.